The van der Waals surface area contributed by atoms with Gasteiger partial charge in [0.05, 0.1) is 12.1 Å². The number of fused-ring (bicyclic) bond motifs is 1. The molecule has 8 heteroatoms. The molecule has 2 heterocycles. The third kappa shape index (κ3) is 4.82. The zero-order valence-corrected chi connectivity index (χ0v) is 18.6. The highest BCUT2D eigenvalue weighted by molar-refractivity contribution is 5.93. The number of rotatable bonds is 6. The van der Waals surface area contributed by atoms with Crippen LogP contribution in [0.1, 0.15) is 29.9 Å². The number of amides is 1. The van der Waals surface area contributed by atoms with Crippen LogP contribution in [0.15, 0.2) is 66.7 Å². The van der Waals surface area contributed by atoms with Crippen molar-refractivity contribution in [2.45, 2.75) is 31.8 Å². The molecule has 1 aliphatic rings. The highest BCUT2D eigenvalue weighted by Gasteiger charge is 2.21. The van der Waals surface area contributed by atoms with E-state index in [0.29, 0.717) is 22.7 Å². The minimum absolute atomic E-state index is 0.0346. The van der Waals surface area contributed by atoms with Crippen molar-refractivity contribution in [2.24, 2.45) is 0 Å². The number of hydrogen-bond acceptors (Lipinski definition) is 4. The molecule has 174 valence electrons. The fourth-order valence-corrected chi connectivity index (χ4v) is 4.54. The Morgan fingerprint density at radius 1 is 1.00 bits per heavy atom. The quantitative estimate of drug-likeness (QED) is 0.462. The molecular weight excluding hydrogens is 436 g/mol. The van der Waals surface area contributed by atoms with E-state index in [1.54, 1.807) is 4.68 Å². The van der Waals surface area contributed by atoms with Gasteiger partial charge in [-0.2, -0.15) is 0 Å². The lowest BCUT2D eigenvalue weighted by molar-refractivity contribution is -0.119. The largest absolute Gasteiger partial charge is 0.317 e. The molecule has 0 unspecified atom stereocenters. The van der Waals surface area contributed by atoms with Gasteiger partial charge in [-0.3, -0.25) is 4.79 Å². The Balaban J connectivity index is 1.44. The molecular formula is C26H25F2N5O. The molecule has 0 aliphatic carbocycles. The first-order valence-electron chi connectivity index (χ1n) is 11.4. The number of hydrogen-bond donors (Lipinski definition) is 1. The molecule has 6 nitrogen and oxygen atoms in total. The van der Waals surface area contributed by atoms with Gasteiger partial charge < -0.3 is 10.2 Å². The van der Waals surface area contributed by atoms with E-state index in [1.165, 1.54) is 22.6 Å². The lowest BCUT2D eigenvalue weighted by atomic mass is 9.90. The number of benzene rings is 3. The van der Waals surface area contributed by atoms with E-state index in [-0.39, 0.29) is 19.0 Å². The van der Waals surface area contributed by atoms with Crippen molar-refractivity contribution in [2.75, 3.05) is 18.0 Å². The summed E-state index contributed by atoms with van der Waals surface area (Å²) in [5.74, 6) is -1.12. The van der Waals surface area contributed by atoms with Crippen LogP contribution < -0.4 is 10.2 Å². The van der Waals surface area contributed by atoms with E-state index < -0.39 is 11.6 Å². The second-order valence-corrected chi connectivity index (χ2v) is 8.61. The topological polar surface area (TPSA) is 63.1 Å². The summed E-state index contributed by atoms with van der Waals surface area (Å²) in [6.45, 7) is 1.98. The van der Waals surface area contributed by atoms with Crippen LogP contribution in [0.2, 0.25) is 0 Å². The van der Waals surface area contributed by atoms with E-state index in [0.717, 1.165) is 37.5 Å². The fourth-order valence-electron chi connectivity index (χ4n) is 4.54. The molecule has 4 aromatic rings. The smallest absolute Gasteiger partial charge is 0.249 e. The number of anilines is 1. The number of nitrogens with zero attached hydrogens (tertiary/aromatic N) is 4. The van der Waals surface area contributed by atoms with Gasteiger partial charge in [-0.15, -0.1) is 5.10 Å². The minimum Gasteiger partial charge on any atom is -0.317 e. The zero-order valence-electron chi connectivity index (χ0n) is 18.6. The first-order valence-corrected chi connectivity index (χ1v) is 11.4. The predicted molar refractivity (Wildman–Crippen MR) is 126 cm³/mol. The first kappa shape index (κ1) is 22.2. The molecule has 34 heavy (non-hydrogen) atoms. The lowest BCUT2D eigenvalue weighted by Crippen LogP contribution is -2.34. The number of nitrogens with one attached hydrogen (secondary N) is 1. The van der Waals surface area contributed by atoms with Gasteiger partial charge in [0.25, 0.3) is 0 Å². The second kappa shape index (κ2) is 9.69. The monoisotopic (exact) mass is 461 g/mol. The van der Waals surface area contributed by atoms with Crippen molar-refractivity contribution < 1.29 is 13.6 Å². The summed E-state index contributed by atoms with van der Waals surface area (Å²) >= 11 is 0. The van der Waals surface area contributed by atoms with E-state index in [1.807, 2.05) is 48.5 Å². The van der Waals surface area contributed by atoms with Crippen molar-refractivity contribution in [3.05, 3.63) is 89.5 Å². The van der Waals surface area contributed by atoms with Gasteiger partial charge in [0, 0.05) is 11.8 Å². The Morgan fingerprint density at radius 3 is 2.44 bits per heavy atom. The number of piperidine rings is 1. The summed E-state index contributed by atoms with van der Waals surface area (Å²) in [7, 11) is 0. The molecule has 0 radical (unpaired) electrons. The van der Waals surface area contributed by atoms with Crippen molar-refractivity contribution >= 4 is 22.6 Å². The lowest BCUT2D eigenvalue weighted by Gasteiger charge is -2.26. The van der Waals surface area contributed by atoms with Gasteiger partial charge in [0.1, 0.15) is 23.7 Å². The highest BCUT2D eigenvalue weighted by Crippen LogP contribution is 2.28. The Hall–Kier alpha value is -3.65. The Bertz CT molecular complexity index is 1280. The van der Waals surface area contributed by atoms with Gasteiger partial charge >= 0.3 is 0 Å². The van der Waals surface area contributed by atoms with Crippen molar-refractivity contribution in [1.82, 2.24) is 20.3 Å². The van der Waals surface area contributed by atoms with E-state index in [4.69, 9.17) is 0 Å². The van der Waals surface area contributed by atoms with Crippen LogP contribution in [0.25, 0.3) is 11.0 Å². The van der Waals surface area contributed by atoms with Crippen LogP contribution in [-0.4, -0.2) is 34.0 Å². The maximum absolute atomic E-state index is 13.8. The summed E-state index contributed by atoms with van der Waals surface area (Å²) in [5, 5.41) is 11.6. The molecule has 1 fully saturated rings. The Morgan fingerprint density at radius 2 is 1.71 bits per heavy atom. The molecule has 1 aromatic heterocycles. The second-order valence-electron chi connectivity index (χ2n) is 8.61. The van der Waals surface area contributed by atoms with E-state index in [2.05, 4.69) is 15.6 Å². The van der Waals surface area contributed by atoms with Gasteiger partial charge in [-0.1, -0.05) is 29.5 Å². The van der Waals surface area contributed by atoms with Gasteiger partial charge in [0.2, 0.25) is 5.91 Å². The maximum atomic E-state index is 13.8. The normalized spacial score (nSPS) is 14.4. The van der Waals surface area contributed by atoms with Gasteiger partial charge in [-0.25, -0.2) is 13.5 Å². The molecule has 0 atom stereocenters. The molecule has 1 saturated heterocycles. The minimum atomic E-state index is -0.675. The molecule has 5 rings (SSSR count). The number of carbonyl (C=O) groups excluding carboxylic acids is 1. The third-order valence-electron chi connectivity index (χ3n) is 6.28. The fraction of sp³-hybridized carbons (Fsp3) is 0.269. The Labute approximate surface area is 196 Å². The van der Waals surface area contributed by atoms with Crippen LogP contribution in [0.4, 0.5) is 14.5 Å². The van der Waals surface area contributed by atoms with Crippen LogP contribution >= 0.6 is 0 Å². The molecule has 0 bridgehead atoms. The number of aromatic nitrogens is 3. The summed E-state index contributed by atoms with van der Waals surface area (Å²) in [4.78, 5) is 15.0. The SMILES string of the molecule is O=C(Cn1nnc2ccccc21)N(Cc1cc(F)cc(F)c1)c1ccc(C2CCNCC2)cc1. The molecule has 0 saturated carbocycles. The van der Waals surface area contributed by atoms with Gasteiger partial charge in [0.15, 0.2) is 0 Å². The standard InChI is InChI=1S/C26H25F2N5O/c27-21-13-18(14-22(28)15-21)16-32(23-7-5-19(6-8-23)20-9-11-29-12-10-20)26(34)17-33-25-4-2-1-3-24(25)30-31-33/h1-8,13-15,20,29H,9-12,16-17H2. The average molecular weight is 462 g/mol. The number of halogens is 2. The van der Waals surface area contributed by atoms with Gasteiger partial charge in [-0.05, 0) is 79.4 Å². The first-order chi connectivity index (χ1) is 16.6. The summed E-state index contributed by atoms with van der Waals surface area (Å²) in [6, 6.07) is 18.6. The molecule has 1 aliphatic heterocycles. The van der Waals surface area contributed by atoms with Crippen molar-refractivity contribution in [3.63, 3.8) is 0 Å². The van der Waals surface area contributed by atoms with Crippen molar-refractivity contribution in [1.29, 1.82) is 0 Å². The molecule has 1 amide bonds. The number of para-hydroxylation sites is 1. The summed E-state index contributed by atoms with van der Waals surface area (Å²) in [6.07, 6.45) is 2.15. The summed E-state index contributed by atoms with van der Waals surface area (Å²) in [5.41, 5.74) is 3.71. The summed E-state index contributed by atoms with van der Waals surface area (Å²) < 4.78 is 29.2. The van der Waals surface area contributed by atoms with Crippen molar-refractivity contribution in [3.8, 4) is 0 Å². The van der Waals surface area contributed by atoms with Crippen LogP contribution in [0.3, 0.4) is 0 Å². The molecule has 3 aromatic carbocycles. The molecule has 1 N–H and O–H groups in total. The van der Waals surface area contributed by atoms with Crippen LogP contribution in [0.5, 0.6) is 0 Å². The zero-order chi connectivity index (χ0) is 23.5. The maximum Gasteiger partial charge on any atom is 0.249 e. The predicted octanol–water partition coefficient (Wildman–Crippen LogP) is 4.41. The van der Waals surface area contributed by atoms with Crippen LogP contribution in [-0.2, 0) is 17.9 Å². The van der Waals surface area contributed by atoms with Crippen LogP contribution in [0, 0.1) is 11.6 Å². The third-order valence-corrected chi connectivity index (χ3v) is 6.28. The molecule has 0 spiro atoms. The Kier molecular flexibility index (Phi) is 6.31. The highest BCUT2D eigenvalue weighted by atomic mass is 19.1. The van der Waals surface area contributed by atoms with E-state index in [9.17, 15) is 13.6 Å². The van der Waals surface area contributed by atoms with E-state index >= 15 is 0 Å². The number of carbonyl (C=O) groups is 1. The average Bonchev–Trinajstić information content (AvgIpc) is 3.25.